The number of nitrogens with zero attached hydrogens (tertiary/aromatic N) is 1. The van der Waals surface area contributed by atoms with E-state index in [1.807, 2.05) is 19.9 Å². The van der Waals surface area contributed by atoms with E-state index in [0.717, 1.165) is 21.5 Å². The molecule has 25 heavy (non-hydrogen) atoms. The number of H-pyrrole nitrogens is 1. The number of amides is 1. The quantitative estimate of drug-likeness (QED) is 0.869. The minimum Gasteiger partial charge on any atom is -0.481 e. The van der Waals surface area contributed by atoms with Crippen LogP contribution in [-0.2, 0) is 4.79 Å². The van der Waals surface area contributed by atoms with Crippen LogP contribution in [0.15, 0.2) is 18.2 Å². The molecule has 0 bridgehead atoms. The molecule has 2 aromatic rings. The highest BCUT2D eigenvalue weighted by atomic mass is 19.4. The molecule has 134 valence electrons. The maximum Gasteiger partial charge on any atom is 0.406 e. The predicted octanol–water partition coefficient (Wildman–Crippen LogP) is 3.26. The van der Waals surface area contributed by atoms with Crippen molar-refractivity contribution in [2.24, 2.45) is 5.41 Å². The number of nitrogens with one attached hydrogen (secondary N) is 1. The number of benzene rings is 1. The summed E-state index contributed by atoms with van der Waals surface area (Å²) in [5.74, 6) is -2.54. The van der Waals surface area contributed by atoms with Crippen molar-refractivity contribution in [3.63, 3.8) is 0 Å². The van der Waals surface area contributed by atoms with Crippen molar-refractivity contribution >= 4 is 22.8 Å². The van der Waals surface area contributed by atoms with E-state index in [0.29, 0.717) is 5.52 Å². The van der Waals surface area contributed by atoms with Crippen molar-refractivity contribution in [1.82, 2.24) is 9.88 Å². The fraction of sp³-hybridized carbons (Fsp3) is 0.412. The Balaban J connectivity index is 1.98. The number of aliphatic carboxylic acids is 1. The number of aromatic nitrogens is 1. The lowest BCUT2D eigenvalue weighted by Crippen LogP contribution is -2.47. The van der Waals surface area contributed by atoms with Gasteiger partial charge in [0.2, 0.25) is 0 Å². The Bertz CT molecular complexity index is 872. The standard InChI is InChI=1S/C17H17F3N2O3/c1-9-10(2)21-13-11(9)4-3-5-12(13)14(23)22-7-6-16(8-22,15(24)25)17(18,19)20/h3-5,21H,6-8H2,1-2H3,(H,24,25). The highest BCUT2D eigenvalue weighted by Gasteiger charge is 2.64. The summed E-state index contributed by atoms with van der Waals surface area (Å²) in [6.07, 6.45) is -5.56. The van der Waals surface area contributed by atoms with Crippen LogP contribution in [0, 0.1) is 19.3 Å². The number of hydrogen-bond acceptors (Lipinski definition) is 2. The van der Waals surface area contributed by atoms with E-state index in [1.165, 1.54) is 6.07 Å². The second-order valence-corrected chi connectivity index (χ2v) is 6.46. The number of aryl methyl sites for hydroxylation is 2. The van der Waals surface area contributed by atoms with E-state index in [9.17, 15) is 22.8 Å². The van der Waals surface area contributed by atoms with Crippen LogP contribution >= 0.6 is 0 Å². The topological polar surface area (TPSA) is 73.4 Å². The average Bonchev–Trinajstić information content (AvgIpc) is 3.10. The number of alkyl halides is 3. The lowest BCUT2D eigenvalue weighted by Gasteiger charge is -2.27. The lowest BCUT2D eigenvalue weighted by molar-refractivity contribution is -0.227. The molecular weight excluding hydrogens is 337 g/mol. The summed E-state index contributed by atoms with van der Waals surface area (Å²) in [5, 5.41) is 9.94. The highest BCUT2D eigenvalue weighted by Crippen LogP contribution is 2.46. The van der Waals surface area contributed by atoms with Crippen LogP contribution in [-0.4, -0.2) is 46.1 Å². The van der Waals surface area contributed by atoms with E-state index in [-0.39, 0.29) is 12.1 Å². The van der Waals surface area contributed by atoms with Crippen LogP contribution in [0.1, 0.15) is 28.0 Å². The largest absolute Gasteiger partial charge is 0.481 e. The zero-order valence-electron chi connectivity index (χ0n) is 13.7. The van der Waals surface area contributed by atoms with Crippen molar-refractivity contribution in [3.8, 4) is 0 Å². The zero-order valence-corrected chi connectivity index (χ0v) is 13.7. The number of likely N-dealkylation sites (tertiary alicyclic amines) is 1. The minimum absolute atomic E-state index is 0.247. The van der Waals surface area contributed by atoms with Gasteiger partial charge in [-0.05, 0) is 31.9 Å². The number of rotatable bonds is 2. The highest BCUT2D eigenvalue weighted by molar-refractivity contribution is 6.07. The van der Waals surface area contributed by atoms with E-state index >= 15 is 0 Å². The van der Waals surface area contributed by atoms with E-state index in [1.54, 1.807) is 6.07 Å². The number of hydrogen-bond donors (Lipinski definition) is 2. The number of aromatic amines is 1. The van der Waals surface area contributed by atoms with Crippen LogP contribution in [0.5, 0.6) is 0 Å². The number of fused-ring (bicyclic) bond motifs is 1. The van der Waals surface area contributed by atoms with Gasteiger partial charge in [-0.1, -0.05) is 12.1 Å². The first-order valence-corrected chi connectivity index (χ1v) is 7.76. The molecule has 1 atom stereocenters. The minimum atomic E-state index is -4.92. The van der Waals surface area contributed by atoms with Crippen LogP contribution in [0.25, 0.3) is 10.9 Å². The fourth-order valence-electron chi connectivity index (χ4n) is 3.34. The molecule has 0 saturated carbocycles. The lowest BCUT2D eigenvalue weighted by atomic mass is 9.86. The predicted molar refractivity (Wildman–Crippen MR) is 84.4 cm³/mol. The Morgan fingerprint density at radius 1 is 1.28 bits per heavy atom. The number of carboxylic acids is 1. The normalized spacial score (nSPS) is 21.1. The maximum atomic E-state index is 13.3. The van der Waals surface area contributed by atoms with E-state index in [4.69, 9.17) is 5.11 Å². The number of halogens is 3. The fourth-order valence-corrected chi connectivity index (χ4v) is 3.34. The van der Waals surface area contributed by atoms with Crippen molar-refractivity contribution in [3.05, 3.63) is 35.0 Å². The number of carboxylic acid groups (broad SMARTS) is 1. The molecule has 1 amide bonds. The van der Waals surface area contributed by atoms with Gasteiger partial charge in [-0.2, -0.15) is 13.2 Å². The van der Waals surface area contributed by atoms with Crippen LogP contribution in [0.3, 0.4) is 0 Å². The second-order valence-electron chi connectivity index (χ2n) is 6.46. The molecule has 1 aliphatic heterocycles. The third kappa shape index (κ3) is 2.47. The van der Waals surface area contributed by atoms with Crippen molar-refractivity contribution in [2.75, 3.05) is 13.1 Å². The summed E-state index contributed by atoms with van der Waals surface area (Å²) in [4.78, 5) is 28.1. The van der Waals surface area contributed by atoms with Gasteiger partial charge in [0.05, 0.1) is 11.1 Å². The van der Waals surface area contributed by atoms with Gasteiger partial charge in [0.25, 0.3) is 5.91 Å². The summed E-state index contributed by atoms with van der Waals surface area (Å²) in [6, 6.07) is 5.03. The monoisotopic (exact) mass is 354 g/mol. The molecule has 1 fully saturated rings. The molecule has 2 N–H and O–H groups in total. The first kappa shape index (κ1) is 17.3. The molecule has 5 nitrogen and oxygen atoms in total. The number of para-hydroxylation sites is 1. The molecule has 8 heteroatoms. The Morgan fingerprint density at radius 2 is 1.96 bits per heavy atom. The van der Waals surface area contributed by atoms with Crippen LogP contribution < -0.4 is 0 Å². The molecule has 1 aromatic heterocycles. The molecule has 2 heterocycles. The van der Waals surface area contributed by atoms with Crippen LogP contribution in [0.4, 0.5) is 13.2 Å². The van der Waals surface area contributed by atoms with Gasteiger partial charge in [-0.3, -0.25) is 9.59 Å². The number of carbonyl (C=O) groups is 2. The zero-order chi connectivity index (χ0) is 18.6. The average molecular weight is 354 g/mol. The van der Waals surface area contributed by atoms with Gasteiger partial charge < -0.3 is 15.0 Å². The Kier molecular flexibility index (Phi) is 3.81. The third-order valence-electron chi connectivity index (χ3n) is 5.08. The Labute approximate surface area is 141 Å². The first-order chi connectivity index (χ1) is 11.6. The molecule has 1 aliphatic rings. The molecule has 1 unspecified atom stereocenters. The molecule has 0 aliphatic carbocycles. The SMILES string of the molecule is Cc1[nH]c2c(C(=O)N3CCC(C(=O)O)(C(F)(F)F)C3)cccc2c1C. The van der Waals surface area contributed by atoms with Gasteiger partial charge in [-0.25, -0.2) is 0 Å². The second kappa shape index (κ2) is 5.50. The summed E-state index contributed by atoms with van der Waals surface area (Å²) < 4.78 is 39.9. The Morgan fingerprint density at radius 3 is 2.52 bits per heavy atom. The molecule has 0 radical (unpaired) electrons. The van der Waals surface area contributed by atoms with E-state index < -0.39 is 36.4 Å². The van der Waals surface area contributed by atoms with Gasteiger partial charge in [-0.15, -0.1) is 0 Å². The smallest absolute Gasteiger partial charge is 0.406 e. The van der Waals surface area contributed by atoms with Crippen LogP contribution in [0.2, 0.25) is 0 Å². The van der Waals surface area contributed by atoms with Gasteiger partial charge >= 0.3 is 12.1 Å². The molecule has 3 rings (SSSR count). The molecule has 0 spiro atoms. The summed E-state index contributed by atoms with van der Waals surface area (Å²) in [6.45, 7) is 2.61. The third-order valence-corrected chi connectivity index (χ3v) is 5.08. The van der Waals surface area contributed by atoms with E-state index in [2.05, 4.69) is 4.98 Å². The van der Waals surface area contributed by atoms with Crippen molar-refractivity contribution in [1.29, 1.82) is 0 Å². The molecule has 1 aromatic carbocycles. The number of carbonyl (C=O) groups excluding carboxylic acids is 1. The van der Waals surface area contributed by atoms with Gasteiger partial charge in [0.15, 0.2) is 5.41 Å². The Hall–Kier alpha value is -2.51. The van der Waals surface area contributed by atoms with Gasteiger partial charge in [0.1, 0.15) is 0 Å². The van der Waals surface area contributed by atoms with Crippen molar-refractivity contribution in [2.45, 2.75) is 26.4 Å². The summed E-state index contributed by atoms with van der Waals surface area (Å²) in [5.41, 5.74) is -0.273. The molecule has 1 saturated heterocycles. The first-order valence-electron chi connectivity index (χ1n) is 7.76. The van der Waals surface area contributed by atoms with Gasteiger partial charge in [0, 0.05) is 24.2 Å². The summed E-state index contributed by atoms with van der Waals surface area (Å²) in [7, 11) is 0. The maximum absolute atomic E-state index is 13.3. The van der Waals surface area contributed by atoms with Crippen molar-refractivity contribution < 1.29 is 27.9 Å². The summed E-state index contributed by atoms with van der Waals surface area (Å²) >= 11 is 0. The molecular formula is C17H17F3N2O3.